The Morgan fingerprint density at radius 3 is 2.20 bits per heavy atom. The van der Waals surface area contributed by atoms with Gasteiger partial charge in [0.15, 0.2) is 11.5 Å². The van der Waals surface area contributed by atoms with Gasteiger partial charge in [-0.05, 0) is 35.3 Å². The van der Waals surface area contributed by atoms with Crippen molar-refractivity contribution in [3.63, 3.8) is 0 Å². The predicted octanol–water partition coefficient (Wildman–Crippen LogP) is 2.77. The summed E-state index contributed by atoms with van der Waals surface area (Å²) in [4.78, 5) is 23.8. The topological polar surface area (TPSA) is 61.8 Å². The van der Waals surface area contributed by atoms with Crippen molar-refractivity contribution in [1.82, 2.24) is 0 Å². The summed E-state index contributed by atoms with van der Waals surface area (Å²) in [6, 6.07) is 1.56. The van der Waals surface area contributed by atoms with Crippen LogP contribution in [0.5, 0.6) is 11.5 Å². The van der Waals surface area contributed by atoms with Gasteiger partial charge in [-0.3, -0.25) is 4.79 Å². The average molecular weight is 345 g/mol. The lowest BCUT2D eigenvalue weighted by Gasteiger charge is -2.16. The number of carbonyl (C=O) groups excluding carboxylic acids is 2. The van der Waals surface area contributed by atoms with Crippen LogP contribution >= 0.6 is 15.9 Å². The van der Waals surface area contributed by atoms with E-state index in [1.54, 1.807) is 13.0 Å². The van der Waals surface area contributed by atoms with Gasteiger partial charge in [0, 0.05) is 11.1 Å². The van der Waals surface area contributed by atoms with Crippen LogP contribution in [-0.2, 0) is 16.0 Å². The smallest absolute Gasteiger partial charge is 0.379 e. The van der Waals surface area contributed by atoms with Crippen LogP contribution < -0.4 is 9.47 Å². The van der Waals surface area contributed by atoms with Gasteiger partial charge in [0.1, 0.15) is 0 Å². The first kappa shape index (κ1) is 16.5. The van der Waals surface area contributed by atoms with E-state index in [1.807, 2.05) is 6.92 Å². The highest BCUT2D eigenvalue weighted by Crippen LogP contribution is 2.40. The van der Waals surface area contributed by atoms with Gasteiger partial charge in [-0.15, -0.1) is 0 Å². The number of carbonyl (C=O) groups is 2. The monoisotopic (exact) mass is 344 g/mol. The fourth-order valence-electron chi connectivity index (χ4n) is 1.91. The van der Waals surface area contributed by atoms with Crippen molar-refractivity contribution in [2.75, 3.05) is 20.8 Å². The van der Waals surface area contributed by atoms with Crippen LogP contribution in [0.2, 0.25) is 0 Å². The van der Waals surface area contributed by atoms with Gasteiger partial charge in [0.2, 0.25) is 0 Å². The van der Waals surface area contributed by atoms with Crippen molar-refractivity contribution in [2.45, 2.75) is 20.3 Å². The largest absolute Gasteiger partial charge is 0.493 e. The molecule has 0 atom stereocenters. The van der Waals surface area contributed by atoms with E-state index in [0.717, 1.165) is 0 Å². The molecule has 1 rings (SSSR count). The Morgan fingerprint density at radius 1 is 1.15 bits per heavy atom. The lowest BCUT2D eigenvalue weighted by Crippen LogP contribution is -2.19. The molecule has 20 heavy (non-hydrogen) atoms. The summed E-state index contributed by atoms with van der Waals surface area (Å²) in [7, 11) is 3.00. The molecule has 0 aliphatic heterocycles. The van der Waals surface area contributed by atoms with Crippen molar-refractivity contribution in [3.05, 3.63) is 21.7 Å². The minimum Gasteiger partial charge on any atom is -0.493 e. The Labute approximate surface area is 126 Å². The molecule has 6 heteroatoms. The van der Waals surface area contributed by atoms with Gasteiger partial charge < -0.3 is 14.2 Å². The zero-order valence-corrected chi connectivity index (χ0v) is 13.5. The molecule has 0 aromatic heterocycles. The Balaban J connectivity index is 3.44. The summed E-state index contributed by atoms with van der Waals surface area (Å²) in [5.74, 6) is -0.631. The zero-order chi connectivity index (χ0) is 15.3. The fourth-order valence-corrected chi connectivity index (χ4v) is 2.48. The highest BCUT2D eigenvalue weighted by molar-refractivity contribution is 9.10. The van der Waals surface area contributed by atoms with Crippen molar-refractivity contribution < 1.29 is 23.8 Å². The van der Waals surface area contributed by atoms with Crippen LogP contribution in [0.15, 0.2) is 10.5 Å². The number of Topliss-reactive ketones (excluding diaryl/α,β-unsaturated/α-hetero) is 1. The Morgan fingerprint density at radius 2 is 1.75 bits per heavy atom. The number of hydrogen-bond donors (Lipinski definition) is 0. The Kier molecular flexibility index (Phi) is 6.01. The number of rotatable bonds is 6. The molecule has 0 aliphatic carbocycles. The zero-order valence-electron chi connectivity index (χ0n) is 11.9. The molecule has 0 radical (unpaired) electrons. The summed E-state index contributed by atoms with van der Waals surface area (Å²) in [5.41, 5.74) is 0.876. The molecule has 1 aromatic carbocycles. The van der Waals surface area contributed by atoms with Gasteiger partial charge in [0.05, 0.1) is 25.3 Å². The van der Waals surface area contributed by atoms with E-state index in [1.165, 1.54) is 14.2 Å². The summed E-state index contributed by atoms with van der Waals surface area (Å²) in [6.07, 6.45) is 0.521. The maximum Gasteiger partial charge on any atom is 0.379 e. The standard InChI is InChI=1S/C14H17BrO5/c1-5-8-9(11(16)14(17)20-6-2)7-10(15)13(19-4)12(8)18-3/h7H,5-6H2,1-4H3. The molecule has 0 heterocycles. The quantitative estimate of drug-likeness (QED) is 0.451. The van der Waals surface area contributed by atoms with Crippen LogP contribution in [0.4, 0.5) is 0 Å². The lowest BCUT2D eigenvalue weighted by atomic mass is 9.99. The number of ketones is 1. The number of hydrogen-bond acceptors (Lipinski definition) is 5. The van der Waals surface area contributed by atoms with Crippen LogP contribution in [-0.4, -0.2) is 32.6 Å². The summed E-state index contributed by atoms with van der Waals surface area (Å²) in [5, 5.41) is 0. The maximum atomic E-state index is 12.1. The first-order valence-corrected chi connectivity index (χ1v) is 6.95. The van der Waals surface area contributed by atoms with Gasteiger partial charge >= 0.3 is 5.97 Å². The molecule has 110 valence electrons. The fraction of sp³-hybridized carbons (Fsp3) is 0.429. The number of halogens is 1. The first-order chi connectivity index (χ1) is 9.51. The summed E-state index contributed by atoms with van der Waals surface area (Å²) in [6.45, 7) is 3.67. The van der Waals surface area contributed by atoms with Gasteiger partial charge in [-0.1, -0.05) is 6.92 Å². The van der Waals surface area contributed by atoms with Crippen LogP contribution in [0.3, 0.4) is 0 Å². The molecule has 0 fully saturated rings. The van der Waals surface area contributed by atoms with E-state index in [-0.39, 0.29) is 12.2 Å². The SMILES string of the molecule is CCOC(=O)C(=O)c1cc(Br)c(OC)c(OC)c1CC. The highest BCUT2D eigenvalue weighted by Gasteiger charge is 2.26. The third-order valence-electron chi connectivity index (χ3n) is 2.76. The predicted molar refractivity (Wildman–Crippen MR) is 77.6 cm³/mol. The van der Waals surface area contributed by atoms with Gasteiger partial charge in [-0.25, -0.2) is 4.79 Å². The number of ether oxygens (including phenoxy) is 3. The van der Waals surface area contributed by atoms with E-state index < -0.39 is 11.8 Å². The van der Waals surface area contributed by atoms with Crippen LogP contribution in [0.25, 0.3) is 0 Å². The summed E-state index contributed by atoms with van der Waals surface area (Å²) < 4.78 is 15.9. The van der Waals surface area contributed by atoms with Crippen molar-refractivity contribution >= 4 is 27.7 Å². The molecule has 0 aliphatic rings. The van der Waals surface area contributed by atoms with E-state index in [0.29, 0.717) is 28.0 Å². The molecule has 0 bridgehead atoms. The van der Waals surface area contributed by atoms with E-state index in [9.17, 15) is 9.59 Å². The van der Waals surface area contributed by atoms with E-state index in [2.05, 4.69) is 15.9 Å². The molecule has 0 unspecified atom stereocenters. The second-order valence-corrected chi connectivity index (χ2v) is 4.71. The molecular formula is C14H17BrO5. The van der Waals surface area contributed by atoms with E-state index >= 15 is 0 Å². The number of methoxy groups -OCH3 is 2. The molecule has 0 spiro atoms. The molecule has 0 amide bonds. The molecule has 1 aromatic rings. The number of esters is 1. The molecule has 0 saturated heterocycles. The minimum absolute atomic E-state index is 0.153. The third kappa shape index (κ3) is 3.12. The molecule has 5 nitrogen and oxygen atoms in total. The van der Waals surface area contributed by atoms with Gasteiger partial charge in [-0.2, -0.15) is 0 Å². The second kappa shape index (κ2) is 7.28. The Hall–Kier alpha value is -1.56. The Bertz CT molecular complexity index is 525. The maximum absolute atomic E-state index is 12.1. The molecular weight excluding hydrogens is 328 g/mol. The average Bonchev–Trinajstić information content (AvgIpc) is 2.45. The van der Waals surface area contributed by atoms with Crippen molar-refractivity contribution in [1.29, 1.82) is 0 Å². The molecule has 0 N–H and O–H groups in total. The van der Waals surface area contributed by atoms with Crippen LogP contribution in [0, 0.1) is 0 Å². The van der Waals surface area contributed by atoms with Crippen molar-refractivity contribution in [2.24, 2.45) is 0 Å². The van der Waals surface area contributed by atoms with Crippen molar-refractivity contribution in [3.8, 4) is 11.5 Å². The second-order valence-electron chi connectivity index (χ2n) is 3.85. The molecule has 0 saturated carbocycles. The first-order valence-electron chi connectivity index (χ1n) is 6.16. The van der Waals surface area contributed by atoms with E-state index in [4.69, 9.17) is 14.2 Å². The third-order valence-corrected chi connectivity index (χ3v) is 3.35. The van der Waals surface area contributed by atoms with Crippen LogP contribution in [0.1, 0.15) is 29.8 Å². The minimum atomic E-state index is -0.874. The normalized spacial score (nSPS) is 10.1. The highest BCUT2D eigenvalue weighted by atomic mass is 79.9. The summed E-state index contributed by atoms with van der Waals surface area (Å²) >= 11 is 3.31. The van der Waals surface area contributed by atoms with Gasteiger partial charge in [0.25, 0.3) is 5.78 Å². The number of benzene rings is 1. The lowest BCUT2D eigenvalue weighted by molar-refractivity contribution is -0.137.